The van der Waals surface area contributed by atoms with Crippen LogP contribution in [0.2, 0.25) is 0 Å². The predicted octanol–water partition coefficient (Wildman–Crippen LogP) is 3.97. The minimum absolute atomic E-state index is 0.281. The second-order valence-electron chi connectivity index (χ2n) is 7.85. The first-order valence-electron chi connectivity index (χ1n) is 10.4. The van der Waals surface area contributed by atoms with Crippen molar-refractivity contribution in [2.45, 2.75) is 0 Å². The zero-order chi connectivity index (χ0) is 22.1. The summed E-state index contributed by atoms with van der Waals surface area (Å²) in [5.74, 6) is 0.959. The average Bonchev–Trinajstić information content (AvgIpc) is 3.24. The van der Waals surface area contributed by atoms with Gasteiger partial charge in [-0.05, 0) is 43.4 Å². The van der Waals surface area contributed by atoms with E-state index in [1.807, 2.05) is 18.2 Å². The summed E-state index contributed by atoms with van der Waals surface area (Å²) in [5.41, 5.74) is 8.22. The number of likely N-dealkylation sites (N-methyl/N-ethyl adjacent to an activating group) is 1. The van der Waals surface area contributed by atoms with Gasteiger partial charge < -0.3 is 30.6 Å². The lowest BCUT2D eigenvalue weighted by atomic mass is 10.2. The number of fused-ring (bicyclic) bond motifs is 1. The molecule has 4 aromatic rings. The molecule has 1 aliphatic rings. The molecular weight excluding hydrogens is 409 g/mol. The smallest absolute Gasteiger partial charge is 0.233 e. The number of aromatic nitrogens is 3. The van der Waals surface area contributed by atoms with Gasteiger partial charge in [0, 0.05) is 49.8 Å². The molecule has 0 amide bonds. The highest BCUT2D eigenvalue weighted by Crippen LogP contribution is 2.30. The van der Waals surface area contributed by atoms with Crippen LogP contribution in [0.3, 0.4) is 0 Å². The molecule has 0 spiro atoms. The number of aromatic amines is 1. The van der Waals surface area contributed by atoms with E-state index in [0.29, 0.717) is 40.3 Å². The fraction of sp³-hybridized carbons (Fsp3) is 0.217. The van der Waals surface area contributed by atoms with E-state index >= 15 is 0 Å². The number of nitrogens with zero attached hydrogens (tertiary/aromatic N) is 4. The number of ether oxygens (including phenoxy) is 1. The van der Waals surface area contributed by atoms with Crippen LogP contribution in [0.25, 0.3) is 11.0 Å². The summed E-state index contributed by atoms with van der Waals surface area (Å²) in [5, 5.41) is 3.82. The summed E-state index contributed by atoms with van der Waals surface area (Å²) in [6.45, 7) is 3.44. The van der Waals surface area contributed by atoms with Crippen LogP contribution in [0.5, 0.6) is 11.6 Å². The van der Waals surface area contributed by atoms with Crippen molar-refractivity contribution in [1.82, 2.24) is 19.9 Å². The number of nitrogens with two attached hydrogens (primary N) is 1. The van der Waals surface area contributed by atoms with Crippen molar-refractivity contribution in [3.05, 3.63) is 60.5 Å². The van der Waals surface area contributed by atoms with E-state index in [2.05, 4.69) is 37.1 Å². The average molecular weight is 433 g/mol. The van der Waals surface area contributed by atoms with Crippen molar-refractivity contribution in [3.63, 3.8) is 0 Å². The van der Waals surface area contributed by atoms with Gasteiger partial charge in [0.15, 0.2) is 0 Å². The highest BCUT2D eigenvalue weighted by atomic mass is 19.1. The molecule has 1 saturated heterocycles. The van der Waals surface area contributed by atoms with Crippen LogP contribution < -0.4 is 20.7 Å². The fourth-order valence-electron chi connectivity index (χ4n) is 3.75. The molecule has 9 heteroatoms. The van der Waals surface area contributed by atoms with Gasteiger partial charge in [-0.15, -0.1) is 0 Å². The highest BCUT2D eigenvalue weighted by Gasteiger charge is 2.18. The maximum Gasteiger partial charge on any atom is 0.233 e. The van der Waals surface area contributed by atoms with Crippen molar-refractivity contribution in [1.29, 1.82) is 0 Å². The van der Waals surface area contributed by atoms with E-state index in [0.717, 1.165) is 31.6 Å². The Morgan fingerprint density at radius 2 is 1.91 bits per heavy atom. The third-order valence-corrected chi connectivity index (χ3v) is 5.50. The number of piperazine rings is 1. The van der Waals surface area contributed by atoms with E-state index in [1.165, 1.54) is 6.07 Å². The van der Waals surface area contributed by atoms with Gasteiger partial charge in [0.2, 0.25) is 11.8 Å². The number of H-pyrrole nitrogens is 1. The number of hydrogen-bond acceptors (Lipinski definition) is 7. The summed E-state index contributed by atoms with van der Waals surface area (Å²) in [4.78, 5) is 16.4. The zero-order valence-corrected chi connectivity index (χ0v) is 17.7. The summed E-state index contributed by atoms with van der Waals surface area (Å²) in [7, 11) is 2.08. The molecule has 2 aromatic carbocycles. The third-order valence-electron chi connectivity index (χ3n) is 5.50. The van der Waals surface area contributed by atoms with Gasteiger partial charge in [-0.1, -0.05) is 6.07 Å². The second-order valence-corrected chi connectivity index (χ2v) is 7.85. The third kappa shape index (κ3) is 4.15. The molecule has 0 radical (unpaired) electrons. The Bertz CT molecular complexity index is 1250. The summed E-state index contributed by atoms with van der Waals surface area (Å²) < 4.78 is 20.8. The number of halogens is 1. The van der Waals surface area contributed by atoms with Gasteiger partial charge in [-0.3, -0.25) is 0 Å². The van der Waals surface area contributed by atoms with Crippen LogP contribution in [-0.2, 0) is 0 Å². The second kappa shape index (κ2) is 8.35. The van der Waals surface area contributed by atoms with E-state index in [1.54, 1.807) is 30.5 Å². The first kappa shape index (κ1) is 20.1. The Hall–Kier alpha value is -3.85. The lowest BCUT2D eigenvalue weighted by molar-refractivity contribution is 0.311. The molecule has 5 rings (SSSR count). The van der Waals surface area contributed by atoms with Gasteiger partial charge in [-0.25, -0.2) is 4.39 Å². The number of nitrogens with one attached hydrogen (secondary N) is 2. The Labute approximate surface area is 184 Å². The highest BCUT2D eigenvalue weighted by molar-refractivity contribution is 5.82. The number of rotatable bonds is 5. The molecule has 164 valence electrons. The molecule has 0 atom stereocenters. The summed E-state index contributed by atoms with van der Waals surface area (Å²) in [6, 6.07) is 14.0. The number of benzene rings is 2. The molecule has 32 heavy (non-hydrogen) atoms. The number of anilines is 4. The minimum atomic E-state index is -0.281. The summed E-state index contributed by atoms with van der Waals surface area (Å²) in [6.07, 6.45) is 1.76. The maximum absolute atomic E-state index is 14.9. The van der Waals surface area contributed by atoms with Crippen molar-refractivity contribution >= 4 is 34.0 Å². The van der Waals surface area contributed by atoms with E-state index in [9.17, 15) is 4.39 Å². The minimum Gasteiger partial charge on any atom is -0.438 e. The van der Waals surface area contributed by atoms with Crippen molar-refractivity contribution in [3.8, 4) is 11.6 Å². The molecule has 0 bridgehead atoms. The van der Waals surface area contributed by atoms with Crippen LogP contribution in [-0.4, -0.2) is 53.1 Å². The SMILES string of the molecule is CN1CCN(c2ccc(Nc3nc(Oc4cccc(N)c4)c4cc[nH]c4n3)cc2F)CC1. The molecule has 0 saturated carbocycles. The Balaban J connectivity index is 1.40. The predicted molar refractivity (Wildman–Crippen MR) is 124 cm³/mol. The molecule has 8 nitrogen and oxygen atoms in total. The normalized spacial score (nSPS) is 14.6. The first-order chi connectivity index (χ1) is 15.5. The standard InChI is InChI=1S/C23H24FN7O/c1-30-9-11-31(12-10-30)20-6-5-16(14-19(20)24)27-23-28-21-18(7-8-26-21)22(29-23)32-17-4-2-3-15(25)13-17/h2-8,13-14H,9-12,25H2,1H3,(H2,26,27,28,29). The van der Waals surface area contributed by atoms with Crippen LogP contribution in [0.4, 0.5) is 27.4 Å². The molecule has 1 fully saturated rings. The Kier molecular flexibility index (Phi) is 5.24. The van der Waals surface area contributed by atoms with Crippen molar-refractivity contribution in [2.75, 3.05) is 49.2 Å². The van der Waals surface area contributed by atoms with E-state index in [-0.39, 0.29) is 5.82 Å². The molecule has 4 N–H and O–H groups in total. The molecular formula is C23H24FN7O. The van der Waals surface area contributed by atoms with E-state index in [4.69, 9.17) is 10.5 Å². The molecule has 0 unspecified atom stereocenters. The molecule has 2 aromatic heterocycles. The van der Waals surface area contributed by atoms with Gasteiger partial charge in [0.1, 0.15) is 17.2 Å². The lowest BCUT2D eigenvalue weighted by Gasteiger charge is -2.34. The monoisotopic (exact) mass is 433 g/mol. The number of hydrogen-bond donors (Lipinski definition) is 3. The fourth-order valence-corrected chi connectivity index (χ4v) is 3.75. The van der Waals surface area contributed by atoms with Gasteiger partial charge in [0.25, 0.3) is 0 Å². The number of nitrogen functional groups attached to an aromatic ring is 1. The summed E-state index contributed by atoms with van der Waals surface area (Å²) >= 11 is 0. The topological polar surface area (TPSA) is 95.3 Å². The van der Waals surface area contributed by atoms with Crippen LogP contribution in [0.1, 0.15) is 0 Å². The maximum atomic E-state index is 14.9. The Morgan fingerprint density at radius 1 is 1.06 bits per heavy atom. The van der Waals surface area contributed by atoms with Gasteiger partial charge in [0.05, 0.1) is 11.1 Å². The van der Waals surface area contributed by atoms with Gasteiger partial charge in [-0.2, -0.15) is 9.97 Å². The first-order valence-corrected chi connectivity index (χ1v) is 10.4. The zero-order valence-electron chi connectivity index (χ0n) is 17.7. The van der Waals surface area contributed by atoms with Crippen molar-refractivity contribution < 1.29 is 9.13 Å². The molecule has 3 heterocycles. The molecule has 0 aliphatic carbocycles. The van der Waals surface area contributed by atoms with E-state index < -0.39 is 0 Å². The quantitative estimate of drug-likeness (QED) is 0.410. The lowest BCUT2D eigenvalue weighted by Crippen LogP contribution is -2.44. The van der Waals surface area contributed by atoms with Crippen LogP contribution >= 0.6 is 0 Å². The van der Waals surface area contributed by atoms with Gasteiger partial charge >= 0.3 is 0 Å². The molecule has 1 aliphatic heterocycles. The van der Waals surface area contributed by atoms with Crippen LogP contribution in [0, 0.1) is 5.82 Å². The largest absolute Gasteiger partial charge is 0.438 e. The van der Waals surface area contributed by atoms with Crippen molar-refractivity contribution in [2.24, 2.45) is 0 Å². The Morgan fingerprint density at radius 3 is 2.69 bits per heavy atom. The van der Waals surface area contributed by atoms with Crippen LogP contribution in [0.15, 0.2) is 54.7 Å².